The molecule has 28 heavy (non-hydrogen) atoms. The molecule has 2 aromatic rings. The lowest BCUT2D eigenvalue weighted by Gasteiger charge is -2.31. The van der Waals surface area contributed by atoms with E-state index in [9.17, 15) is 9.59 Å². The van der Waals surface area contributed by atoms with Gasteiger partial charge in [0.1, 0.15) is 0 Å². The Morgan fingerprint density at radius 3 is 2.00 bits per heavy atom. The van der Waals surface area contributed by atoms with E-state index in [1.807, 2.05) is 58.9 Å². The number of amides is 2. The minimum atomic E-state index is -0.782. The van der Waals surface area contributed by atoms with Crippen LogP contribution in [0.25, 0.3) is 5.70 Å². The van der Waals surface area contributed by atoms with Crippen molar-refractivity contribution in [1.29, 1.82) is 0 Å². The van der Waals surface area contributed by atoms with Gasteiger partial charge >= 0.3 is 0 Å². The maximum absolute atomic E-state index is 12.1. The van der Waals surface area contributed by atoms with E-state index in [0.29, 0.717) is 5.70 Å². The zero-order valence-corrected chi connectivity index (χ0v) is 17.9. The molecule has 2 N–H and O–H groups in total. The van der Waals surface area contributed by atoms with Crippen LogP contribution in [0.1, 0.15) is 54.2 Å². The highest BCUT2D eigenvalue weighted by atomic mass is 16.2. The van der Waals surface area contributed by atoms with Crippen molar-refractivity contribution in [2.24, 2.45) is 0 Å². The molecule has 0 radical (unpaired) electrons. The van der Waals surface area contributed by atoms with Gasteiger partial charge in [0.15, 0.2) is 0 Å². The van der Waals surface area contributed by atoms with E-state index in [1.165, 1.54) is 13.8 Å². The summed E-state index contributed by atoms with van der Waals surface area (Å²) in [6.45, 7) is 13.0. The Morgan fingerprint density at radius 2 is 1.43 bits per heavy atom. The Morgan fingerprint density at radius 1 is 0.857 bits per heavy atom. The van der Waals surface area contributed by atoms with E-state index in [0.717, 1.165) is 33.4 Å². The van der Waals surface area contributed by atoms with Crippen molar-refractivity contribution in [3.8, 4) is 0 Å². The Balaban J connectivity index is 2.75. The van der Waals surface area contributed by atoms with Gasteiger partial charge in [0.25, 0.3) is 0 Å². The van der Waals surface area contributed by atoms with Gasteiger partial charge in [-0.1, -0.05) is 41.5 Å². The van der Waals surface area contributed by atoms with E-state index < -0.39 is 5.54 Å². The summed E-state index contributed by atoms with van der Waals surface area (Å²) in [5.74, 6) is -0.291. The molecular weight excluding hydrogens is 348 g/mol. The molecule has 2 aromatic carbocycles. The third kappa shape index (κ3) is 5.10. The van der Waals surface area contributed by atoms with Crippen molar-refractivity contribution in [3.63, 3.8) is 0 Å². The smallest absolute Gasteiger partial charge is 0.221 e. The van der Waals surface area contributed by atoms with Crippen molar-refractivity contribution in [3.05, 3.63) is 75.9 Å². The van der Waals surface area contributed by atoms with Crippen LogP contribution in [0.2, 0.25) is 0 Å². The van der Waals surface area contributed by atoms with E-state index >= 15 is 0 Å². The van der Waals surface area contributed by atoms with Gasteiger partial charge in [0.05, 0.1) is 5.54 Å². The molecule has 0 fully saturated rings. The topological polar surface area (TPSA) is 58.2 Å². The maximum atomic E-state index is 12.1. The average Bonchev–Trinajstić information content (AvgIpc) is 2.57. The predicted molar refractivity (Wildman–Crippen MR) is 115 cm³/mol. The first kappa shape index (κ1) is 21.4. The number of nitrogens with one attached hydrogen (secondary N) is 2. The summed E-state index contributed by atoms with van der Waals surface area (Å²) in [6, 6.07) is 12.3. The second-order valence-corrected chi connectivity index (χ2v) is 7.76. The first-order chi connectivity index (χ1) is 13.0. The Bertz CT molecular complexity index is 944. The normalized spacial score (nSPS) is 13.6. The number of hydrogen-bond donors (Lipinski definition) is 2. The Hall–Kier alpha value is -2.88. The fourth-order valence-electron chi connectivity index (χ4n) is 3.53. The summed E-state index contributed by atoms with van der Waals surface area (Å²) in [6.07, 6.45) is 1.94. The van der Waals surface area contributed by atoms with Crippen LogP contribution >= 0.6 is 0 Å². The monoisotopic (exact) mass is 378 g/mol. The van der Waals surface area contributed by atoms with E-state index in [4.69, 9.17) is 0 Å². The van der Waals surface area contributed by atoms with Gasteiger partial charge in [-0.25, -0.2) is 0 Å². The molecule has 0 heterocycles. The molecule has 0 aliphatic heterocycles. The van der Waals surface area contributed by atoms with Crippen molar-refractivity contribution in [2.45, 2.75) is 54.0 Å². The van der Waals surface area contributed by atoms with Crippen molar-refractivity contribution >= 4 is 17.5 Å². The summed E-state index contributed by atoms with van der Waals surface area (Å²) in [4.78, 5) is 24.0. The lowest BCUT2D eigenvalue weighted by atomic mass is 9.85. The third-order valence-electron chi connectivity index (χ3n) is 4.82. The van der Waals surface area contributed by atoms with Gasteiger partial charge in [-0.05, 0) is 63.5 Å². The molecule has 0 aliphatic carbocycles. The zero-order chi connectivity index (χ0) is 21.1. The molecule has 0 spiro atoms. The number of hydrogen-bond acceptors (Lipinski definition) is 2. The molecule has 2 amide bonds. The van der Waals surface area contributed by atoms with Crippen molar-refractivity contribution < 1.29 is 9.59 Å². The van der Waals surface area contributed by atoms with Crippen LogP contribution < -0.4 is 10.6 Å². The summed E-state index contributed by atoms with van der Waals surface area (Å²) in [5, 5.41) is 6.05. The highest BCUT2D eigenvalue weighted by molar-refractivity contribution is 5.86. The Kier molecular flexibility index (Phi) is 6.45. The van der Waals surface area contributed by atoms with E-state index in [-0.39, 0.29) is 11.8 Å². The fraction of sp³-hybridized carbons (Fsp3) is 0.333. The van der Waals surface area contributed by atoms with Crippen LogP contribution in [0.5, 0.6) is 0 Å². The van der Waals surface area contributed by atoms with Gasteiger partial charge < -0.3 is 10.6 Å². The van der Waals surface area contributed by atoms with Crippen LogP contribution in [-0.4, -0.2) is 11.8 Å². The molecular formula is C24H30N2O2. The van der Waals surface area contributed by atoms with Gasteiger partial charge in [0.2, 0.25) is 11.8 Å². The number of carbonyl (C=O) groups is 2. The minimum absolute atomic E-state index is 0.136. The summed E-state index contributed by atoms with van der Waals surface area (Å²) < 4.78 is 0. The Labute approximate surface area is 168 Å². The molecule has 0 saturated heterocycles. The van der Waals surface area contributed by atoms with Crippen LogP contribution in [0.3, 0.4) is 0 Å². The number of aryl methyl sites for hydroxylation is 4. The molecule has 0 aromatic heterocycles. The SMILES string of the molecule is CC(=O)N/C(=C\C(C)(NC(C)=O)c1cc(C)ccc1C)c1cc(C)ccc1C. The quantitative estimate of drug-likeness (QED) is 0.808. The van der Waals surface area contributed by atoms with Gasteiger partial charge in [0, 0.05) is 25.1 Å². The average molecular weight is 379 g/mol. The highest BCUT2D eigenvalue weighted by Crippen LogP contribution is 2.30. The van der Waals surface area contributed by atoms with Crippen molar-refractivity contribution in [1.82, 2.24) is 10.6 Å². The second-order valence-electron chi connectivity index (χ2n) is 7.76. The van der Waals surface area contributed by atoms with E-state index in [2.05, 4.69) is 28.8 Å². The number of rotatable bonds is 5. The summed E-state index contributed by atoms with van der Waals surface area (Å²) in [7, 11) is 0. The molecule has 2 rings (SSSR count). The number of benzene rings is 2. The zero-order valence-electron chi connectivity index (χ0n) is 17.9. The first-order valence-corrected chi connectivity index (χ1v) is 9.46. The lowest BCUT2D eigenvalue weighted by molar-refractivity contribution is -0.120. The molecule has 4 heteroatoms. The van der Waals surface area contributed by atoms with Crippen LogP contribution in [0.4, 0.5) is 0 Å². The van der Waals surface area contributed by atoms with Crippen LogP contribution in [0, 0.1) is 27.7 Å². The molecule has 1 atom stereocenters. The molecule has 148 valence electrons. The van der Waals surface area contributed by atoms with Crippen molar-refractivity contribution in [2.75, 3.05) is 0 Å². The molecule has 0 bridgehead atoms. The number of carbonyl (C=O) groups excluding carboxylic acids is 2. The maximum Gasteiger partial charge on any atom is 0.221 e. The molecule has 0 saturated carbocycles. The lowest BCUT2D eigenvalue weighted by Crippen LogP contribution is -2.42. The minimum Gasteiger partial charge on any atom is -0.344 e. The van der Waals surface area contributed by atoms with E-state index in [1.54, 1.807) is 0 Å². The third-order valence-corrected chi connectivity index (χ3v) is 4.82. The standard InChI is InChI=1S/C24H30N2O2/c1-15-8-10-17(3)21(12-15)23(25-19(5)27)14-24(7,26-20(6)28)22-13-16(2)9-11-18(22)4/h8-14H,1-7H3,(H,25,27)(H,26,28)/b23-14-. The van der Waals surface area contributed by atoms with Gasteiger partial charge in [-0.3, -0.25) is 9.59 Å². The van der Waals surface area contributed by atoms with Crippen LogP contribution in [0.15, 0.2) is 42.5 Å². The van der Waals surface area contributed by atoms with Crippen LogP contribution in [-0.2, 0) is 15.1 Å². The van der Waals surface area contributed by atoms with Gasteiger partial charge in [-0.15, -0.1) is 0 Å². The highest BCUT2D eigenvalue weighted by Gasteiger charge is 2.28. The summed E-state index contributed by atoms with van der Waals surface area (Å²) in [5.41, 5.74) is 6.18. The summed E-state index contributed by atoms with van der Waals surface area (Å²) >= 11 is 0. The fourth-order valence-corrected chi connectivity index (χ4v) is 3.53. The predicted octanol–water partition coefficient (Wildman–Crippen LogP) is 4.45. The first-order valence-electron chi connectivity index (χ1n) is 9.46. The molecule has 4 nitrogen and oxygen atoms in total. The van der Waals surface area contributed by atoms with Gasteiger partial charge in [-0.2, -0.15) is 0 Å². The second kappa shape index (κ2) is 8.42. The molecule has 1 unspecified atom stereocenters. The largest absolute Gasteiger partial charge is 0.344 e. The molecule has 0 aliphatic rings.